The minimum Gasteiger partial charge on any atom is -0.472 e. The normalized spacial score (nSPS) is 10.4. The lowest BCUT2D eigenvalue weighted by Crippen LogP contribution is -1.98. The molecular formula is C12H13NO2S. The van der Waals surface area contributed by atoms with Gasteiger partial charge in [0.2, 0.25) is 5.88 Å². The summed E-state index contributed by atoms with van der Waals surface area (Å²) in [5.41, 5.74) is 1.65. The number of hydrogen-bond acceptors (Lipinski definition) is 4. The molecule has 3 nitrogen and oxygen atoms in total. The molecule has 1 N–H and O–H groups in total. The van der Waals surface area contributed by atoms with Crippen molar-refractivity contribution in [1.82, 2.24) is 4.98 Å². The van der Waals surface area contributed by atoms with E-state index in [9.17, 15) is 0 Å². The van der Waals surface area contributed by atoms with E-state index in [2.05, 4.69) is 4.98 Å². The second kappa shape index (κ2) is 5.09. The van der Waals surface area contributed by atoms with Gasteiger partial charge in [0.1, 0.15) is 6.61 Å². The zero-order valence-electron chi connectivity index (χ0n) is 9.01. The zero-order chi connectivity index (χ0) is 11.4. The number of nitrogens with zero attached hydrogens (tertiary/aromatic N) is 1. The summed E-state index contributed by atoms with van der Waals surface area (Å²) in [5.74, 6) is 0.600. The second-order valence-electron chi connectivity index (χ2n) is 3.42. The fourth-order valence-corrected chi connectivity index (χ4v) is 1.97. The first-order valence-electron chi connectivity index (χ1n) is 5.02. The Morgan fingerprint density at radius 2 is 2.25 bits per heavy atom. The number of aromatic nitrogens is 1. The van der Waals surface area contributed by atoms with Gasteiger partial charge in [-0.3, -0.25) is 0 Å². The second-order valence-corrected chi connectivity index (χ2v) is 4.45. The first-order chi connectivity index (χ1) is 7.79. The molecule has 0 aliphatic rings. The van der Waals surface area contributed by atoms with Gasteiger partial charge in [-0.2, -0.15) is 0 Å². The number of rotatable bonds is 4. The Kier molecular flexibility index (Phi) is 3.54. The highest BCUT2D eigenvalue weighted by atomic mass is 32.1. The number of hydrogen-bond donors (Lipinski definition) is 1. The van der Waals surface area contributed by atoms with Crippen LogP contribution in [0, 0.1) is 6.92 Å². The van der Waals surface area contributed by atoms with Gasteiger partial charge in [-0.05, 0) is 30.0 Å². The number of pyridine rings is 1. The molecule has 0 amide bonds. The number of aryl methyl sites for hydroxylation is 1. The molecule has 2 heterocycles. The standard InChI is InChI=1S/C12H13NO2S/c1-9-10(7-14)4-5-12(13-9)15-8-11-3-2-6-16-11/h2-6,14H,7-8H2,1H3. The molecule has 84 valence electrons. The van der Waals surface area contributed by atoms with Crippen molar-refractivity contribution < 1.29 is 9.84 Å². The van der Waals surface area contributed by atoms with Crippen LogP contribution in [0.25, 0.3) is 0 Å². The maximum atomic E-state index is 9.01. The van der Waals surface area contributed by atoms with Crippen molar-refractivity contribution in [2.45, 2.75) is 20.1 Å². The van der Waals surface area contributed by atoms with Crippen molar-refractivity contribution in [2.75, 3.05) is 0 Å². The summed E-state index contributed by atoms with van der Waals surface area (Å²) in [6.45, 7) is 2.43. The summed E-state index contributed by atoms with van der Waals surface area (Å²) in [5, 5.41) is 11.0. The molecule has 0 aromatic carbocycles. The highest BCUT2D eigenvalue weighted by Crippen LogP contribution is 2.15. The summed E-state index contributed by atoms with van der Waals surface area (Å²) in [7, 11) is 0. The maximum absolute atomic E-state index is 9.01. The van der Waals surface area contributed by atoms with Crippen LogP contribution in [0.15, 0.2) is 29.6 Å². The number of aliphatic hydroxyl groups excluding tert-OH is 1. The molecule has 0 radical (unpaired) electrons. The van der Waals surface area contributed by atoms with Gasteiger partial charge in [0, 0.05) is 16.6 Å². The maximum Gasteiger partial charge on any atom is 0.213 e. The fraction of sp³-hybridized carbons (Fsp3) is 0.250. The van der Waals surface area contributed by atoms with E-state index in [1.807, 2.05) is 30.5 Å². The van der Waals surface area contributed by atoms with E-state index in [0.717, 1.165) is 11.3 Å². The van der Waals surface area contributed by atoms with E-state index in [1.54, 1.807) is 17.4 Å². The third-order valence-corrected chi connectivity index (χ3v) is 3.13. The van der Waals surface area contributed by atoms with Crippen LogP contribution in [0.4, 0.5) is 0 Å². The monoisotopic (exact) mass is 235 g/mol. The van der Waals surface area contributed by atoms with Gasteiger partial charge in [0.05, 0.1) is 6.61 Å². The Morgan fingerprint density at radius 1 is 1.38 bits per heavy atom. The smallest absolute Gasteiger partial charge is 0.213 e. The number of ether oxygens (including phenoxy) is 1. The Bertz CT molecular complexity index is 454. The number of thiophene rings is 1. The van der Waals surface area contributed by atoms with Gasteiger partial charge in [0.15, 0.2) is 0 Å². The Balaban J connectivity index is 2.02. The van der Waals surface area contributed by atoms with E-state index in [-0.39, 0.29) is 6.61 Å². The highest BCUT2D eigenvalue weighted by Gasteiger charge is 2.02. The molecule has 0 unspecified atom stereocenters. The Morgan fingerprint density at radius 3 is 2.88 bits per heavy atom. The van der Waals surface area contributed by atoms with E-state index < -0.39 is 0 Å². The van der Waals surface area contributed by atoms with Gasteiger partial charge in [-0.15, -0.1) is 11.3 Å². The molecule has 0 aliphatic heterocycles. The third-order valence-electron chi connectivity index (χ3n) is 2.28. The molecule has 2 aromatic rings. The quantitative estimate of drug-likeness (QED) is 0.885. The van der Waals surface area contributed by atoms with Gasteiger partial charge in [-0.25, -0.2) is 4.98 Å². The molecule has 16 heavy (non-hydrogen) atoms. The fourth-order valence-electron chi connectivity index (χ4n) is 1.35. The summed E-state index contributed by atoms with van der Waals surface area (Å²) >= 11 is 1.66. The average Bonchev–Trinajstić information content (AvgIpc) is 2.79. The van der Waals surface area contributed by atoms with E-state index in [0.29, 0.717) is 12.5 Å². The summed E-state index contributed by atoms with van der Waals surface area (Å²) in [4.78, 5) is 5.44. The lowest BCUT2D eigenvalue weighted by molar-refractivity contribution is 0.277. The van der Waals surface area contributed by atoms with Crippen LogP contribution in [0.2, 0.25) is 0 Å². The first-order valence-corrected chi connectivity index (χ1v) is 5.90. The average molecular weight is 235 g/mol. The predicted octanol–water partition coefficient (Wildman–Crippen LogP) is 2.52. The molecular weight excluding hydrogens is 222 g/mol. The number of aliphatic hydroxyl groups is 1. The van der Waals surface area contributed by atoms with Crippen molar-refractivity contribution in [1.29, 1.82) is 0 Å². The summed E-state index contributed by atoms with van der Waals surface area (Å²) < 4.78 is 5.55. The van der Waals surface area contributed by atoms with Crippen molar-refractivity contribution in [3.63, 3.8) is 0 Å². The highest BCUT2D eigenvalue weighted by molar-refractivity contribution is 7.09. The van der Waals surface area contributed by atoms with E-state index in [4.69, 9.17) is 9.84 Å². The van der Waals surface area contributed by atoms with Gasteiger partial charge < -0.3 is 9.84 Å². The molecule has 0 saturated carbocycles. The molecule has 0 atom stereocenters. The van der Waals surface area contributed by atoms with Crippen molar-refractivity contribution >= 4 is 11.3 Å². The third kappa shape index (κ3) is 2.59. The van der Waals surface area contributed by atoms with Crippen molar-refractivity contribution in [3.05, 3.63) is 45.8 Å². The molecule has 2 rings (SSSR count). The van der Waals surface area contributed by atoms with E-state index in [1.165, 1.54) is 4.88 Å². The Labute approximate surface area is 98.4 Å². The largest absolute Gasteiger partial charge is 0.472 e. The molecule has 0 aliphatic carbocycles. The predicted molar refractivity (Wildman–Crippen MR) is 63.5 cm³/mol. The van der Waals surface area contributed by atoms with Crippen LogP contribution in [0.5, 0.6) is 5.88 Å². The molecule has 0 fully saturated rings. The zero-order valence-corrected chi connectivity index (χ0v) is 9.83. The van der Waals surface area contributed by atoms with Crippen molar-refractivity contribution in [3.8, 4) is 5.88 Å². The SMILES string of the molecule is Cc1nc(OCc2cccs2)ccc1CO. The van der Waals surface area contributed by atoms with E-state index >= 15 is 0 Å². The molecule has 0 bridgehead atoms. The summed E-state index contributed by atoms with van der Waals surface area (Å²) in [6.07, 6.45) is 0. The lowest BCUT2D eigenvalue weighted by Gasteiger charge is -2.06. The van der Waals surface area contributed by atoms with Gasteiger partial charge >= 0.3 is 0 Å². The summed E-state index contributed by atoms with van der Waals surface area (Å²) in [6, 6.07) is 7.65. The van der Waals surface area contributed by atoms with Crippen LogP contribution in [0.1, 0.15) is 16.1 Å². The minimum absolute atomic E-state index is 0.0179. The van der Waals surface area contributed by atoms with Crippen LogP contribution in [0.3, 0.4) is 0 Å². The molecule has 2 aromatic heterocycles. The van der Waals surface area contributed by atoms with Crippen LogP contribution < -0.4 is 4.74 Å². The molecule has 0 saturated heterocycles. The van der Waals surface area contributed by atoms with Gasteiger partial charge in [-0.1, -0.05) is 6.07 Å². The van der Waals surface area contributed by atoms with Crippen LogP contribution in [-0.4, -0.2) is 10.1 Å². The van der Waals surface area contributed by atoms with Crippen LogP contribution >= 0.6 is 11.3 Å². The lowest BCUT2D eigenvalue weighted by atomic mass is 10.2. The van der Waals surface area contributed by atoms with Crippen LogP contribution in [-0.2, 0) is 13.2 Å². The Hall–Kier alpha value is -1.39. The molecule has 0 spiro atoms. The topological polar surface area (TPSA) is 42.4 Å². The van der Waals surface area contributed by atoms with Gasteiger partial charge in [0.25, 0.3) is 0 Å². The first kappa shape index (κ1) is 11.1. The minimum atomic E-state index is 0.0179. The molecule has 4 heteroatoms. The van der Waals surface area contributed by atoms with Crippen molar-refractivity contribution in [2.24, 2.45) is 0 Å².